The van der Waals surface area contributed by atoms with Crippen LogP contribution in [0.1, 0.15) is 43.7 Å². The highest BCUT2D eigenvalue weighted by molar-refractivity contribution is 6.74. The summed E-state index contributed by atoms with van der Waals surface area (Å²) < 4.78 is 11.7. The summed E-state index contributed by atoms with van der Waals surface area (Å²) in [6, 6.07) is 9.72. The third-order valence-corrected chi connectivity index (χ3v) is 10.4. The van der Waals surface area contributed by atoms with Gasteiger partial charge < -0.3 is 19.2 Å². The summed E-state index contributed by atoms with van der Waals surface area (Å²) in [5.74, 6) is 0.641. The van der Waals surface area contributed by atoms with E-state index in [0.717, 1.165) is 24.2 Å². The van der Waals surface area contributed by atoms with Crippen LogP contribution >= 0.6 is 0 Å². The Hall–Kier alpha value is -1.80. The molecule has 1 aliphatic rings. The lowest BCUT2D eigenvalue weighted by Crippen LogP contribution is -2.40. The van der Waals surface area contributed by atoms with Crippen LogP contribution in [0, 0.1) is 0 Å². The summed E-state index contributed by atoms with van der Waals surface area (Å²) in [7, 11) is -1.82. The van der Waals surface area contributed by atoms with Crippen LogP contribution in [0.5, 0.6) is 0 Å². The molecule has 0 saturated carbocycles. The number of rotatable bonds is 6. The zero-order valence-corrected chi connectivity index (χ0v) is 19.2. The molecule has 0 spiro atoms. The summed E-state index contributed by atoms with van der Waals surface area (Å²) in [6.45, 7) is 14.6. The van der Waals surface area contributed by atoms with Crippen LogP contribution in [-0.4, -0.2) is 49.7 Å². The number of hydrogen-bond acceptors (Lipinski definition) is 6. The molecule has 1 atom stereocenters. The summed E-state index contributed by atoms with van der Waals surface area (Å²) in [5.41, 5.74) is 2.48. The van der Waals surface area contributed by atoms with Crippen LogP contribution < -0.4 is 4.90 Å². The van der Waals surface area contributed by atoms with E-state index in [1.165, 1.54) is 0 Å². The Balaban J connectivity index is 1.73. The van der Waals surface area contributed by atoms with Gasteiger partial charge in [0.05, 0.1) is 25.5 Å². The van der Waals surface area contributed by atoms with Gasteiger partial charge >= 0.3 is 0 Å². The summed E-state index contributed by atoms with van der Waals surface area (Å²) in [5, 5.41) is 11.1. The van der Waals surface area contributed by atoms with Crippen molar-refractivity contribution in [2.24, 2.45) is 0 Å². The van der Waals surface area contributed by atoms with Gasteiger partial charge in [-0.3, -0.25) is 0 Å². The minimum Gasteiger partial charge on any atom is -0.413 e. The summed E-state index contributed by atoms with van der Waals surface area (Å²) in [6.07, 6.45) is 0.909. The number of ether oxygens (including phenoxy) is 1. The smallest absolute Gasteiger partial charge is 0.225 e. The van der Waals surface area contributed by atoms with E-state index >= 15 is 0 Å². The van der Waals surface area contributed by atoms with Gasteiger partial charge in [0.2, 0.25) is 5.95 Å². The van der Waals surface area contributed by atoms with Crippen molar-refractivity contribution in [3.05, 3.63) is 53.3 Å². The van der Waals surface area contributed by atoms with Gasteiger partial charge in [0, 0.05) is 19.3 Å². The zero-order valence-electron chi connectivity index (χ0n) is 18.2. The van der Waals surface area contributed by atoms with Crippen LogP contribution in [0.3, 0.4) is 0 Å². The number of anilines is 1. The summed E-state index contributed by atoms with van der Waals surface area (Å²) >= 11 is 0. The van der Waals surface area contributed by atoms with Crippen LogP contribution in [0.2, 0.25) is 18.1 Å². The standard InChI is InChI=1S/C22H33N3O3Si/c1-22(2,3)29(4,5)28-16-17-7-6-8-18(15-17)20(26)19-9-10-23-21(24-19)25-11-13-27-14-12-25/h6-10,15,20,26H,11-14,16H2,1-5H3. The van der Waals surface area contributed by atoms with Crippen molar-refractivity contribution in [2.45, 2.75) is 51.6 Å². The van der Waals surface area contributed by atoms with Crippen LogP contribution in [-0.2, 0) is 15.8 Å². The summed E-state index contributed by atoms with van der Waals surface area (Å²) in [4.78, 5) is 11.1. The second kappa shape index (κ2) is 8.91. The third kappa shape index (κ3) is 5.42. The molecule has 1 saturated heterocycles. The monoisotopic (exact) mass is 415 g/mol. The molecule has 2 aromatic rings. The molecule has 1 aromatic carbocycles. The molecule has 158 valence electrons. The van der Waals surface area contributed by atoms with E-state index in [1.54, 1.807) is 12.3 Å². The first-order valence-electron chi connectivity index (χ1n) is 10.2. The topological polar surface area (TPSA) is 67.7 Å². The van der Waals surface area contributed by atoms with E-state index in [-0.39, 0.29) is 5.04 Å². The average Bonchev–Trinajstić information content (AvgIpc) is 2.72. The molecule has 7 heteroatoms. The highest BCUT2D eigenvalue weighted by atomic mass is 28.4. The quantitative estimate of drug-likeness (QED) is 0.722. The van der Waals surface area contributed by atoms with Crippen molar-refractivity contribution in [2.75, 3.05) is 31.2 Å². The molecule has 0 amide bonds. The molecule has 1 N–H and O–H groups in total. The molecular formula is C22H33N3O3Si. The highest BCUT2D eigenvalue weighted by Crippen LogP contribution is 2.37. The predicted molar refractivity (Wildman–Crippen MR) is 118 cm³/mol. The maximum atomic E-state index is 10.9. The second-order valence-corrected chi connectivity index (χ2v) is 13.9. The molecular weight excluding hydrogens is 382 g/mol. The van der Waals surface area contributed by atoms with Gasteiger partial charge in [-0.2, -0.15) is 0 Å². The van der Waals surface area contributed by atoms with Gasteiger partial charge in [-0.25, -0.2) is 9.97 Å². The van der Waals surface area contributed by atoms with Crippen LogP contribution in [0.15, 0.2) is 36.5 Å². The van der Waals surface area contributed by atoms with Gasteiger partial charge in [-0.1, -0.05) is 45.0 Å². The maximum absolute atomic E-state index is 10.9. The SMILES string of the molecule is CC(C)(C)[Si](C)(C)OCc1cccc(C(O)c2ccnc(N3CCOCC3)n2)c1. The minimum atomic E-state index is -1.82. The fraction of sp³-hybridized carbons (Fsp3) is 0.545. The van der Waals surface area contributed by atoms with Gasteiger partial charge in [0.25, 0.3) is 0 Å². The van der Waals surface area contributed by atoms with Crippen molar-refractivity contribution in [3.63, 3.8) is 0 Å². The van der Waals surface area contributed by atoms with E-state index in [4.69, 9.17) is 9.16 Å². The Labute approximate surface area is 175 Å². The number of hydrogen-bond donors (Lipinski definition) is 1. The van der Waals surface area contributed by atoms with E-state index in [1.807, 2.05) is 24.3 Å². The van der Waals surface area contributed by atoms with Gasteiger partial charge in [-0.05, 0) is 35.3 Å². The molecule has 0 aliphatic carbocycles. The maximum Gasteiger partial charge on any atom is 0.225 e. The molecule has 29 heavy (non-hydrogen) atoms. The average molecular weight is 416 g/mol. The molecule has 6 nitrogen and oxygen atoms in total. The number of nitrogens with zero attached hydrogens (tertiary/aromatic N) is 3. The Morgan fingerprint density at radius 3 is 2.62 bits per heavy atom. The predicted octanol–water partition coefficient (Wildman–Crippen LogP) is 3.92. The number of aliphatic hydroxyl groups is 1. The van der Waals surface area contributed by atoms with Crippen molar-refractivity contribution in [1.29, 1.82) is 0 Å². The van der Waals surface area contributed by atoms with Gasteiger partial charge in [0.15, 0.2) is 8.32 Å². The lowest BCUT2D eigenvalue weighted by molar-refractivity contribution is 0.122. The third-order valence-electron chi connectivity index (χ3n) is 5.91. The first-order valence-corrected chi connectivity index (χ1v) is 13.1. The van der Waals surface area contributed by atoms with Crippen LogP contribution in [0.4, 0.5) is 5.95 Å². The molecule has 0 radical (unpaired) electrons. The van der Waals surface area contributed by atoms with E-state index < -0.39 is 14.4 Å². The normalized spacial score (nSPS) is 16.7. The van der Waals surface area contributed by atoms with E-state index in [2.05, 4.69) is 48.7 Å². The lowest BCUT2D eigenvalue weighted by atomic mass is 10.0. The Morgan fingerprint density at radius 1 is 1.21 bits per heavy atom. The molecule has 0 bridgehead atoms. The first kappa shape index (κ1) is 21.9. The lowest BCUT2D eigenvalue weighted by Gasteiger charge is -2.36. The number of aromatic nitrogens is 2. The van der Waals surface area contributed by atoms with Crippen molar-refractivity contribution in [1.82, 2.24) is 9.97 Å². The van der Waals surface area contributed by atoms with E-state index in [9.17, 15) is 5.11 Å². The van der Waals surface area contributed by atoms with Crippen molar-refractivity contribution >= 4 is 14.3 Å². The Morgan fingerprint density at radius 2 is 1.93 bits per heavy atom. The molecule has 1 fully saturated rings. The fourth-order valence-electron chi connectivity index (χ4n) is 2.93. The molecule has 1 aromatic heterocycles. The Kier molecular flexibility index (Phi) is 6.73. The van der Waals surface area contributed by atoms with Crippen LogP contribution in [0.25, 0.3) is 0 Å². The van der Waals surface area contributed by atoms with E-state index in [0.29, 0.717) is 31.5 Å². The first-order chi connectivity index (χ1) is 13.7. The molecule has 1 unspecified atom stereocenters. The Bertz CT molecular complexity index is 817. The number of aliphatic hydroxyl groups excluding tert-OH is 1. The molecule has 3 rings (SSSR count). The molecule has 1 aliphatic heterocycles. The van der Waals surface area contributed by atoms with Crippen molar-refractivity contribution in [3.8, 4) is 0 Å². The largest absolute Gasteiger partial charge is 0.413 e. The second-order valence-electron chi connectivity index (χ2n) is 9.08. The van der Waals surface area contributed by atoms with Gasteiger partial charge in [-0.15, -0.1) is 0 Å². The number of benzene rings is 1. The van der Waals surface area contributed by atoms with Crippen molar-refractivity contribution < 1.29 is 14.3 Å². The highest BCUT2D eigenvalue weighted by Gasteiger charge is 2.37. The molecule has 2 heterocycles. The van der Waals surface area contributed by atoms with Gasteiger partial charge in [0.1, 0.15) is 6.10 Å². The minimum absolute atomic E-state index is 0.168. The zero-order chi connectivity index (χ0) is 21.1. The number of morpholine rings is 1. The fourth-order valence-corrected chi connectivity index (χ4v) is 3.89.